The molecule has 0 heterocycles. The SMILES string of the molecule is CC(=O)SCCC(O)C(O)c1c(C)cccc1C. The first-order valence-corrected chi connectivity index (χ1v) is 6.97. The number of benzene rings is 1. The molecule has 0 spiro atoms. The zero-order valence-corrected chi connectivity index (χ0v) is 11.8. The monoisotopic (exact) mass is 268 g/mol. The van der Waals surface area contributed by atoms with E-state index in [0.29, 0.717) is 12.2 Å². The van der Waals surface area contributed by atoms with Gasteiger partial charge in [0.25, 0.3) is 0 Å². The second-order valence-corrected chi connectivity index (χ2v) is 5.72. The second-order valence-electron chi connectivity index (χ2n) is 4.45. The molecule has 0 amide bonds. The summed E-state index contributed by atoms with van der Waals surface area (Å²) in [6.07, 6.45) is -1.32. The second kappa shape index (κ2) is 6.92. The van der Waals surface area contributed by atoms with Gasteiger partial charge in [-0.2, -0.15) is 0 Å². The molecule has 18 heavy (non-hydrogen) atoms. The molecule has 0 aliphatic carbocycles. The minimum atomic E-state index is -0.890. The van der Waals surface area contributed by atoms with Crippen LogP contribution < -0.4 is 0 Å². The molecular formula is C14H20O3S. The largest absolute Gasteiger partial charge is 0.390 e. The molecule has 0 aromatic heterocycles. The van der Waals surface area contributed by atoms with Gasteiger partial charge in [-0.1, -0.05) is 30.0 Å². The lowest BCUT2D eigenvalue weighted by molar-refractivity contribution is -0.109. The number of aryl methyl sites for hydroxylation is 2. The highest BCUT2D eigenvalue weighted by Gasteiger charge is 2.21. The normalized spacial score (nSPS) is 14.3. The third kappa shape index (κ3) is 4.12. The number of carbonyl (C=O) groups is 1. The predicted octanol–water partition coefficient (Wildman–Crippen LogP) is 2.37. The molecule has 0 saturated heterocycles. The molecule has 0 radical (unpaired) electrons. The van der Waals surface area contributed by atoms with Gasteiger partial charge in [-0.3, -0.25) is 4.79 Å². The van der Waals surface area contributed by atoms with E-state index in [1.54, 1.807) is 0 Å². The van der Waals surface area contributed by atoms with Gasteiger partial charge in [0.15, 0.2) is 5.12 Å². The minimum absolute atomic E-state index is 0.0313. The van der Waals surface area contributed by atoms with E-state index in [4.69, 9.17) is 0 Å². The van der Waals surface area contributed by atoms with Gasteiger partial charge >= 0.3 is 0 Å². The molecule has 1 rings (SSSR count). The first-order chi connectivity index (χ1) is 8.43. The van der Waals surface area contributed by atoms with Crippen LogP contribution in [0.3, 0.4) is 0 Å². The van der Waals surface area contributed by atoms with Crippen LogP contribution in [0.5, 0.6) is 0 Å². The van der Waals surface area contributed by atoms with Crippen LogP contribution >= 0.6 is 11.8 Å². The third-order valence-corrected chi connectivity index (χ3v) is 3.77. The van der Waals surface area contributed by atoms with E-state index in [0.717, 1.165) is 16.7 Å². The standard InChI is InChI=1S/C14H20O3S/c1-9-5-4-6-10(2)13(9)14(17)12(16)7-8-18-11(3)15/h4-6,12,14,16-17H,7-8H2,1-3H3. The summed E-state index contributed by atoms with van der Waals surface area (Å²) in [6.45, 7) is 5.34. The van der Waals surface area contributed by atoms with Gasteiger partial charge in [0.05, 0.1) is 6.10 Å². The number of carbonyl (C=O) groups excluding carboxylic acids is 1. The fourth-order valence-corrected chi connectivity index (χ4v) is 2.61. The molecule has 4 heteroatoms. The van der Waals surface area contributed by atoms with Gasteiger partial charge in [0, 0.05) is 12.7 Å². The van der Waals surface area contributed by atoms with Crippen molar-refractivity contribution in [2.45, 2.75) is 39.4 Å². The zero-order valence-electron chi connectivity index (χ0n) is 11.0. The van der Waals surface area contributed by atoms with Crippen LogP contribution in [0.15, 0.2) is 18.2 Å². The van der Waals surface area contributed by atoms with Crippen molar-refractivity contribution in [3.8, 4) is 0 Å². The summed E-state index contributed by atoms with van der Waals surface area (Å²) in [6, 6.07) is 5.77. The molecule has 1 aromatic carbocycles. The van der Waals surface area contributed by atoms with E-state index >= 15 is 0 Å². The third-order valence-electron chi connectivity index (χ3n) is 2.92. The molecule has 0 aliphatic rings. The van der Waals surface area contributed by atoms with Crippen molar-refractivity contribution in [3.05, 3.63) is 34.9 Å². The molecule has 2 N–H and O–H groups in total. The Morgan fingerprint density at radius 1 is 1.28 bits per heavy atom. The van der Waals surface area contributed by atoms with Gasteiger partial charge in [0.2, 0.25) is 0 Å². The van der Waals surface area contributed by atoms with Gasteiger partial charge in [-0.15, -0.1) is 0 Å². The fourth-order valence-electron chi connectivity index (χ4n) is 1.97. The van der Waals surface area contributed by atoms with Gasteiger partial charge in [-0.05, 0) is 37.0 Å². The fraction of sp³-hybridized carbons (Fsp3) is 0.500. The smallest absolute Gasteiger partial charge is 0.185 e. The molecular weight excluding hydrogens is 248 g/mol. The van der Waals surface area contributed by atoms with E-state index in [2.05, 4.69) is 0 Å². The van der Waals surface area contributed by atoms with Crippen molar-refractivity contribution >= 4 is 16.9 Å². The Hall–Kier alpha value is -0.840. The number of thioether (sulfide) groups is 1. The average Bonchev–Trinajstić information content (AvgIpc) is 2.27. The number of aliphatic hydroxyl groups excluding tert-OH is 2. The summed E-state index contributed by atoms with van der Waals surface area (Å²) in [5, 5.41) is 20.2. The number of hydrogen-bond donors (Lipinski definition) is 2. The maximum Gasteiger partial charge on any atom is 0.185 e. The summed E-state index contributed by atoms with van der Waals surface area (Å²) in [5.74, 6) is 0.526. The van der Waals surface area contributed by atoms with E-state index < -0.39 is 12.2 Å². The predicted molar refractivity (Wildman–Crippen MR) is 74.6 cm³/mol. The van der Waals surface area contributed by atoms with Crippen LogP contribution in [0, 0.1) is 13.8 Å². The number of hydrogen-bond acceptors (Lipinski definition) is 4. The molecule has 0 aliphatic heterocycles. The van der Waals surface area contributed by atoms with E-state index in [-0.39, 0.29) is 5.12 Å². The number of aliphatic hydroxyl groups is 2. The van der Waals surface area contributed by atoms with Crippen molar-refractivity contribution < 1.29 is 15.0 Å². The molecule has 1 aromatic rings. The Bertz CT molecular complexity index is 397. The molecule has 100 valence electrons. The highest BCUT2D eigenvalue weighted by molar-refractivity contribution is 8.13. The lowest BCUT2D eigenvalue weighted by atomic mass is 9.94. The Morgan fingerprint density at radius 3 is 2.33 bits per heavy atom. The Labute approximate surface area is 112 Å². The molecule has 2 atom stereocenters. The average molecular weight is 268 g/mol. The topological polar surface area (TPSA) is 57.5 Å². The van der Waals surface area contributed by atoms with Crippen LogP contribution in [0.1, 0.15) is 36.1 Å². The quantitative estimate of drug-likeness (QED) is 0.861. The first-order valence-electron chi connectivity index (χ1n) is 5.99. The van der Waals surface area contributed by atoms with Crippen molar-refractivity contribution in [3.63, 3.8) is 0 Å². The van der Waals surface area contributed by atoms with Crippen molar-refractivity contribution in [2.75, 3.05) is 5.75 Å². The van der Waals surface area contributed by atoms with Crippen molar-refractivity contribution in [1.82, 2.24) is 0 Å². The highest BCUT2D eigenvalue weighted by Crippen LogP contribution is 2.26. The lowest BCUT2D eigenvalue weighted by Gasteiger charge is -2.21. The highest BCUT2D eigenvalue weighted by atomic mass is 32.2. The summed E-state index contributed by atoms with van der Waals surface area (Å²) < 4.78 is 0. The van der Waals surface area contributed by atoms with Crippen LogP contribution in [0.2, 0.25) is 0 Å². The Morgan fingerprint density at radius 2 is 1.83 bits per heavy atom. The van der Waals surface area contributed by atoms with Crippen molar-refractivity contribution in [2.24, 2.45) is 0 Å². The summed E-state index contributed by atoms with van der Waals surface area (Å²) in [4.78, 5) is 10.8. The summed E-state index contributed by atoms with van der Waals surface area (Å²) in [7, 11) is 0. The van der Waals surface area contributed by atoms with E-state index in [1.807, 2.05) is 32.0 Å². The first kappa shape index (κ1) is 15.2. The maximum absolute atomic E-state index is 10.8. The molecule has 0 saturated carbocycles. The number of rotatable bonds is 5. The van der Waals surface area contributed by atoms with E-state index in [9.17, 15) is 15.0 Å². The van der Waals surface area contributed by atoms with Crippen LogP contribution in [0.25, 0.3) is 0 Å². The minimum Gasteiger partial charge on any atom is -0.390 e. The van der Waals surface area contributed by atoms with Crippen LogP contribution in [0.4, 0.5) is 0 Å². The molecule has 3 nitrogen and oxygen atoms in total. The summed E-state index contributed by atoms with van der Waals surface area (Å²) >= 11 is 1.17. The Kier molecular flexibility index (Phi) is 5.85. The van der Waals surface area contributed by atoms with Crippen LogP contribution in [-0.2, 0) is 4.79 Å². The van der Waals surface area contributed by atoms with Crippen molar-refractivity contribution in [1.29, 1.82) is 0 Å². The van der Waals surface area contributed by atoms with Crippen LogP contribution in [-0.4, -0.2) is 27.2 Å². The Balaban J connectivity index is 2.68. The van der Waals surface area contributed by atoms with Gasteiger partial charge in [0.1, 0.15) is 6.10 Å². The lowest BCUT2D eigenvalue weighted by Crippen LogP contribution is -2.21. The van der Waals surface area contributed by atoms with E-state index in [1.165, 1.54) is 18.7 Å². The zero-order chi connectivity index (χ0) is 13.7. The molecule has 2 unspecified atom stereocenters. The maximum atomic E-state index is 10.8. The molecule has 0 bridgehead atoms. The summed E-state index contributed by atoms with van der Waals surface area (Å²) in [5.41, 5.74) is 2.74. The van der Waals surface area contributed by atoms with Gasteiger partial charge in [-0.25, -0.2) is 0 Å². The molecule has 0 fully saturated rings. The van der Waals surface area contributed by atoms with Gasteiger partial charge < -0.3 is 10.2 Å².